The van der Waals surface area contributed by atoms with E-state index in [1.165, 1.54) is 24.3 Å². The van der Waals surface area contributed by atoms with Gasteiger partial charge in [-0.3, -0.25) is 4.79 Å². The Bertz CT molecular complexity index is 1010. The Morgan fingerprint density at radius 1 is 1.04 bits per heavy atom. The van der Waals surface area contributed by atoms with Gasteiger partial charge in [0, 0.05) is 16.9 Å². The Morgan fingerprint density at radius 3 is 2.48 bits per heavy atom. The minimum Gasteiger partial charge on any atom is -0.320 e. The summed E-state index contributed by atoms with van der Waals surface area (Å²) in [6.45, 7) is 1.74. The van der Waals surface area contributed by atoms with Crippen LogP contribution < -0.4 is 5.32 Å². The van der Waals surface area contributed by atoms with Gasteiger partial charge in [-0.1, -0.05) is 0 Å². The van der Waals surface area contributed by atoms with E-state index in [9.17, 15) is 13.6 Å². The third kappa shape index (κ3) is 3.35. The molecule has 0 spiro atoms. The number of rotatable bonds is 3. The molecule has 1 heterocycles. The van der Waals surface area contributed by atoms with Gasteiger partial charge in [0.25, 0.3) is 5.91 Å². The molecule has 3 aromatic rings. The summed E-state index contributed by atoms with van der Waals surface area (Å²) in [7, 11) is 0. The fourth-order valence-electron chi connectivity index (χ4n) is 3.53. The fraction of sp³-hybridized carbons (Fsp3) is 0.238. The number of carbonyl (C=O) groups is 1. The van der Waals surface area contributed by atoms with E-state index in [4.69, 9.17) is 0 Å². The van der Waals surface area contributed by atoms with Gasteiger partial charge in [-0.2, -0.15) is 5.10 Å². The summed E-state index contributed by atoms with van der Waals surface area (Å²) in [6, 6.07) is 10.3. The summed E-state index contributed by atoms with van der Waals surface area (Å²) in [4.78, 5) is 12.9. The number of amides is 1. The van der Waals surface area contributed by atoms with Crippen molar-refractivity contribution in [2.45, 2.75) is 32.6 Å². The van der Waals surface area contributed by atoms with Gasteiger partial charge in [-0.25, -0.2) is 13.5 Å². The monoisotopic (exact) mass is 367 g/mol. The van der Waals surface area contributed by atoms with Crippen molar-refractivity contribution in [1.29, 1.82) is 0 Å². The molecule has 6 heteroatoms. The molecule has 0 unspecified atom stereocenters. The van der Waals surface area contributed by atoms with E-state index in [2.05, 4.69) is 10.4 Å². The number of nitrogens with zero attached hydrogens (tertiary/aromatic N) is 2. The van der Waals surface area contributed by atoms with Crippen molar-refractivity contribution in [2.24, 2.45) is 0 Å². The molecular formula is C21H19F2N3O. The largest absolute Gasteiger partial charge is 0.320 e. The molecule has 0 fully saturated rings. The Morgan fingerprint density at radius 2 is 1.74 bits per heavy atom. The molecule has 0 atom stereocenters. The van der Waals surface area contributed by atoms with Crippen LogP contribution in [0.2, 0.25) is 0 Å². The number of halogens is 2. The van der Waals surface area contributed by atoms with E-state index < -0.39 is 0 Å². The molecule has 2 aromatic carbocycles. The minimum absolute atomic E-state index is 0.315. The fourth-order valence-corrected chi connectivity index (χ4v) is 3.53. The zero-order chi connectivity index (χ0) is 19.0. The number of hydrogen-bond donors (Lipinski definition) is 1. The quantitative estimate of drug-likeness (QED) is 0.736. The molecule has 4 nitrogen and oxygen atoms in total. The average molecular weight is 367 g/mol. The van der Waals surface area contributed by atoms with Crippen LogP contribution in [0.15, 0.2) is 42.5 Å². The van der Waals surface area contributed by atoms with Crippen LogP contribution in [0.4, 0.5) is 14.5 Å². The molecule has 0 saturated carbocycles. The third-order valence-electron chi connectivity index (χ3n) is 4.90. The van der Waals surface area contributed by atoms with Gasteiger partial charge < -0.3 is 5.32 Å². The van der Waals surface area contributed by atoms with E-state index in [-0.39, 0.29) is 17.5 Å². The normalized spacial score (nSPS) is 13.3. The maximum atomic E-state index is 13.3. The van der Waals surface area contributed by atoms with Crippen molar-refractivity contribution in [3.8, 4) is 5.69 Å². The highest BCUT2D eigenvalue weighted by Gasteiger charge is 2.26. The zero-order valence-corrected chi connectivity index (χ0v) is 14.9. The number of anilines is 1. The molecule has 27 heavy (non-hydrogen) atoms. The van der Waals surface area contributed by atoms with E-state index >= 15 is 0 Å². The lowest BCUT2D eigenvalue weighted by Crippen LogP contribution is -2.16. The second-order valence-electron chi connectivity index (χ2n) is 6.78. The Hall–Kier alpha value is -3.02. The maximum absolute atomic E-state index is 13.3. The van der Waals surface area contributed by atoms with Crippen LogP contribution in [-0.4, -0.2) is 15.7 Å². The lowest BCUT2D eigenvalue weighted by Gasteiger charge is -2.14. The summed E-state index contributed by atoms with van der Waals surface area (Å²) in [5, 5.41) is 7.38. The molecule has 1 N–H and O–H groups in total. The molecule has 0 saturated heterocycles. The molecule has 0 radical (unpaired) electrons. The number of carbonyl (C=O) groups excluding carboxylic acids is 1. The molecule has 0 aliphatic heterocycles. The van der Waals surface area contributed by atoms with Gasteiger partial charge in [0.05, 0.1) is 5.69 Å². The standard InChI is InChI=1S/C21H19F2N3O/c1-13-12-15(23)8-11-18(13)24-21(27)20-17-4-2-3-5-19(17)26(25-20)16-9-6-14(22)7-10-16/h6-12H,2-5H2,1H3,(H,24,27). The van der Waals surface area contributed by atoms with E-state index in [1.54, 1.807) is 29.8 Å². The summed E-state index contributed by atoms with van der Waals surface area (Å²) >= 11 is 0. The van der Waals surface area contributed by atoms with Crippen LogP contribution >= 0.6 is 0 Å². The average Bonchev–Trinajstić information content (AvgIpc) is 3.04. The predicted molar refractivity (Wildman–Crippen MR) is 99.3 cm³/mol. The highest BCUT2D eigenvalue weighted by atomic mass is 19.1. The summed E-state index contributed by atoms with van der Waals surface area (Å²) in [5.41, 5.74) is 4.23. The summed E-state index contributed by atoms with van der Waals surface area (Å²) in [6.07, 6.45) is 3.63. The van der Waals surface area contributed by atoms with Gasteiger partial charge in [0.2, 0.25) is 0 Å². The first-order valence-electron chi connectivity index (χ1n) is 8.97. The molecule has 1 aliphatic carbocycles. The van der Waals surface area contributed by atoms with E-state index in [0.717, 1.165) is 42.6 Å². The second kappa shape index (κ2) is 6.95. The number of nitrogens with one attached hydrogen (secondary N) is 1. The summed E-state index contributed by atoms with van der Waals surface area (Å²) in [5.74, 6) is -0.975. The number of aromatic nitrogens is 2. The van der Waals surface area contributed by atoms with Gasteiger partial charge in [-0.05, 0) is 80.6 Å². The first-order chi connectivity index (χ1) is 13.0. The lowest BCUT2D eigenvalue weighted by molar-refractivity contribution is 0.102. The molecule has 4 rings (SSSR count). The Kier molecular flexibility index (Phi) is 4.48. The minimum atomic E-state index is -0.344. The SMILES string of the molecule is Cc1cc(F)ccc1NC(=O)c1nn(-c2ccc(F)cc2)c2c1CCCC2. The van der Waals surface area contributed by atoms with Crippen LogP contribution in [0, 0.1) is 18.6 Å². The summed E-state index contributed by atoms with van der Waals surface area (Å²) < 4.78 is 28.3. The lowest BCUT2D eigenvalue weighted by atomic mass is 9.95. The van der Waals surface area contributed by atoms with Crippen molar-refractivity contribution in [2.75, 3.05) is 5.32 Å². The molecule has 0 bridgehead atoms. The number of hydrogen-bond acceptors (Lipinski definition) is 2. The predicted octanol–water partition coefficient (Wildman–Crippen LogP) is 4.59. The highest BCUT2D eigenvalue weighted by molar-refractivity contribution is 6.04. The van der Waals surface area contributed by atoms with Crippen molar-refractivity contribution in [1.82, 2.24) is 9.78 Å². The van der Waals surface area contributed by atoms with Gasteiger partial charge in [-0.15, -0.1) is 0 Å². The Labute approximate surface area is 155 Å². The smallest absolute Gasteiger partial charge is 0.276 e. The van der Waals surface area contributed by atoms with E-state index in [1.807, 2.05) is 0 Å². The first kappa shape index (κ1) is 17.4. The Balaban J connectivity index is 1.72. The first-order valence-corrected chi connectivity index (χ1v) is 8.97. The maximum Gasteiger partial charge on any atom is 0.276 e. The van der Waals surface area contributed by atoms with Crippen LogP contribution in [0.5, 0.6) is 0 Å². The molecule has 1 aromatic heterocycles. The number of fused-ring (bicyclic) bond motifs is 1. The highest BCUT2D eigenvalue weighted by Crippen LogP contribution is 2.28. The molecule has 1 amide bonds. The number of aryl methyl sites for hydroxylation is 1. The van der Waals surface area contributed by atoms with Gasteiger partial charge in [0.1, 0.15) is 11.6 Å². The van der Waals surface area contributed by atoms with Gasteiger partial charge in [0.15, 0.2) is 5.69 Å². The molecule has 138 valence electrons. The van der Waals surface area contributed by atoms with E-state index in [0.29, 0.717) is 16.9 Å². The topological polar surface area (TPSA) is 46.9 Å². The van der Waals surface area contributed by atoms with Gasteiger partial charge >= 0.3 is 0 Å². The number of benzene rings is 2. The van der Waals surface area contributed by atoms with Crippen molar-refractivity contribution < 1.29 is 13.6 Å². The zero-order valence-electron chi connectivity index (χ0n) is 14.9. The van der Waals surface area contributed by atoms with Crippen molar-refractivity contribution >= 4 is 11.6 Å². The van der Waals surface area contributed by atoms with Crippen molar-refractivity contribution in [3.05, 3.63) is 76.6 Å². The van der Waals surface area contributed by atoms with Crippen molar-refractivity contribution in [3.63, 3.8) is 0 Å². The van der Waals surface area contributed by atoms with Crippen LogP contribution in [0.3, 0.4) is 0 Å². The van der Waals surface area contributed by atoms with Crippen LogP contribution in [0.25, 0.3) is 5.69 Å². The molecule has 1 aliphatic rings. The molecular weight excluding hydrogens is 348 g/mol. The van der Waals surface area contributed by atoms with Crippen LogP contribution in [0.1, 0.15) is 40.2 Å². The second-order valence-corrected chi connectivity index (χ2v) is 6.78. The van der Waals surface area contributed by atoms with Crippen LogP contribution in [-0.2, 0) is 12.8 Å². The third-order valence-corrected chi connectivity index (χ3v) is 4.90.